The standard InChI is InChI=1S/C10H21NO/c1-8(9(2)12)11-7-6-10(3,4)5/h8,11H,6-7H2,1-5H3. The van der Waals surface area contributed by atoms with E-state index in [9.17, 15) is 4.79 Å². The van der Waals surface area contributed by atoms with Gasteiger partial charge in [0.1, 0.15) is 5.78 Å². The van der Waals surface area contributed by atoms with E-state index < -0.39 is 0 Å². The third-order valence-electron chi connectivity index (χ3n) is 1.94. The number of hydrogen-bond acceptors (Lipinski definition) is 2. The van der Waals surface area contributed by atoms with Crippen molar-refractivity contribution in [3.63, 3.8) is 0 Å². The van der Waals surface area contributed by atoms with E-state index in [2.05, 4.69) is 26.1 Å². The Morgan fingerprint density at radius 2 is 1.92 bits per heavy atom. The van der Waals surface area contributed by atoms with Crippen LogP contribution in [0.2, 0.25) is 0 Å². The van der Waals surface area contributed by atoms with Crippen LogP contribution in [0.15, 0.2) is 0 Å². The minimum absolute atomic E-state index is 0.00681. The molecule has 0 saturated carbocycles. The van der Waals surface area contributed by atoms with E-state index in [1.165, 1.54) is 0 Å². The number of nitrogens with one attached hydrogen (secondary N) is 1. The van der Waals surface area contributed by atoms with Gasteiger partial charge in [-0.1, -0.05) is 20.8 Å². The average molecular weight is 171 g/mol. The molecule has 0 aromatic rings. The van der Waals surface area contributed by atoms with Crippen LogP contribution in [-0.2, 0) is 4.79 Å². The monoisotopic (exact) mass is 171 g/mol. The van der Waals surface area contributed by atoms with Gasteiger partial charge in [0, 0.05) is 0 Å². The van der Waals surface area contributed by atoms with Gasteiger partial charge in [-0.15, -0.1) is 0 Å². The molecule has 0 aromatic carbocycles. The highest BCUT2D eigenvalue weighted by Crippen LogP contribution is 2.16. The molecule has 1 unspecified atom stereocenters. The first-order valence-electron chi connectivity index (χ1n) is 4.57. The van der Waals surface area contributed by atoms with Gasteiger partial charge < -0.3 is 5.32 Å². The maximum atomic E-state index is 10.8. The number of hydrogen-bond donors (Lipinski definition) is 1. The summed E-state index contributed by atoms with van der Waals surface area (Å²) in [6.45, 7) is 11.1. The predicted molar refractivity (Wildman–Crippen MR) is 52.2 cm³/mol. The lowest BCUT2D eigenvalue weighted by atomic mass is 9.92. The Hall–Kier alpha value is -0.370. The fourth-order valence-electron chi connectivity index (χ4n) is 0.807. The SMILES string of the molecule is CC(=O)C(C)NCCC(C)(C)C. The van der Waals surface area contributed by atoms with E-state index in [0.717, 1.165) is 13.0 Å². The number of rotatable bonds is 4. The second-order valence-corrected chi connectivity index (χ2v) is 4.60. The summed E-state index contributed by atoms with van der Waals surface area (Å²) in [6.07, 6.45) is 1.10. The summed E-state index contributed by atoms with van der Waals surface area (Å²) in [7, 11) is 0. The van der Waals surface area contributed by atoms with Crippen LogP contribution in [-0.4, -0.2) is 18.4 Å². The Morgan fingerprint density at radius 1 is 1.42 bits per heavy atom. The van der Waals surface area contributed by atoms with Crippen LogP contribution in [0, 0.1) is 5.41 Å². The molecular weight excluding hydrogens is 150 g/mol. The van der Waals surface area contributed by atoms with Crippen LogP contribution in [0.25, 0.3) is 0 Å². The molecule has 0 spiro atoms. The fourth-order valence-corrected chi connectivity index (χ4v) is 0.807. The highest BCUT2D eigenvalue weighted by molar-refractivity contribution is 5.80. The van der Waals surface area contributed by atoms with Crippen LogP contribution in [0.1, 0.15) is 41.0 Å². The second kappa shape index (κ2) is 4.61. The van der Waals surface area contributed by atoms with Crippen molar-refractivity contribution in [1.29, 1.82) is 0 Å². The zero-order chi connectivity index (χ0) is 9.78. The molecule has 0 fully saturated rings. The van der Waals surface area contributed by atoms with Crippen molar-refractivity contribution in [2.75, 3.05) is 6.54 Å². The lowest BCUT2D eigenvalue weighted by molar-refractivity contribution is -0.118. The third-order valence-corrected chi connectivity index (χ3v) is 1.94. The predicted octanol–water partition coefficient (Wildman–Crippen LogP) is 1.99. The molecule has 72 valence electrons. The summed E-state index contributed by atoms with van der Waals surface area (Å²) in [5.74, 6) is 0.212. The van der Waals surface area contributed by atoms with Crippen LogP contribution in [0.3, 0.4) is 0 Å². The summed E-state index contributed by atoms with van der Waals surface area (Å²) >= 11 is 0. The molecule has 0 saturated heterocycles. The van der Waals surface area contributed by atoms with Gasteiger partial charge in [0.05, 0.1) is 6.04 Å². The maximum Gasteiger partial charge on any atom is 0.146 e. The van der Waals surface area contributed by atoms with Crippen LogP contribution < -0.4 is 5.32 Å². The van der Waals surface area contributed by atoms with E-state index in [-0.39, 0.29) is 11.8 Å². The average Bonchev–Trinajstić information content (AvgIpc) is 1.84. The van der Waals surface area contributed by atoms with Gasteiger partial charge in [-0.25, -0.2) is 0 Å². The Balaban J connectivity index is 3.51. The normalized spacial score (nSPS) is 14.4. The molecule has 0 bridgehead atoms. The van der Waals surface area contributed by atoms with Crippen LogP contribution in [0.5, 0.6) is 0 Å². The van der Waals surface area contributed by atoms with Crippen LogP contribution in [0.4, 0.5) is 0 Å². The molecule has 1 N–H and O–H groups in total. The maximum absolute atomic E-state index is 10.8. The van der Waals surface area contributed by atoms with Gasteiger partial charge in [0.2, 0.25) is 0 Å². The first-order chi connectivity index (χ1) is 5.33. The summed E-state index contributed by atoms with van der Waals surface area (Å²) in [5, 5.41) is 3.19. The molecule has 2 nitrogen and oxygen atoms in total. The van der Waals surface area contributed by atoms with E-state index in [1.54, 1.807) is 6.92 Å². The van der Waals surface area contributed by atoms with Crippen molar-refractivity contribution < 1.29 is 4.79 Å². The molecule has 0 heterocycles. The Morgan fingerprint density at radius 3 is 2.25 bits per heavy atom. The van der Waals surface area contributed by atoms with Crippen molar-refractivity contribution in [3.8, 4) is 0 Å². The Kier molecular flexibility index (Phi) is 4.46. The zero-order valence-electron chi connectivity index (χ0n) is 8.90. The summed E-state index contributed by atoms with van der Waals surface area (Å²) in [4.78, 5) is 10.8. The molecule has 0 aliphatic carbocycles. The van der Waals surface area contributed by atoms with Gasteiger partial charge in [0.25, 0.3) is 0 Å². The molecule has 0 radical (unpaired) electrons. The highest BCUT2D eigenvalue weighted by Gasteiger charge is 2.11. The van der Waals surface area contributed by atoms with E-state index in [1.807, 2.05) is 6.92 Å². The topological polar surface area (TPSA) is 29.1 Å². The van der Waals surface area contributed by atoms with E-state index >= 15 is 0 Å². The van der Waals surface area contributed by atoms with Crippen molar-refractivity contribution in [3.05, 3.63) is 0 Å². The highest BCUT2D eigenvalue weighted by atomic mass is 16.1. The minimum Gasteiger partial charge on any atom is -0.308 e. The second-order valence-electron chi connectivity index (χ2n) is 4.60. The third kappa shape index (κ3) is 6.35. The minimum atomic E-state index is 0.00681. The van der Waals surface area contributed by atoms with Gasteiger partial charge in [0.15, 0.2) is 0 Å². The molecule has 0 amide bonds. The molecule has 1 atom stereocenters. The first kappa shape index (κ1) is 11.6. The van der Waals surface area contributed by atoms with Crippen molar-refractivity contribution in [1.82, 2.24) is 5.32 Å². The number of ketones is 1. The summed E-state index contributed by atoms with van der Waals surface area (Å²) < 4.78 is 0. The molecular formula is C10H21NO. The van der Waals surface area contributed by atoms with Gasteiger partial charge in [-0.3, -0.25) is 4.79 Å². The first-order valence-corrected chi connectivity index (χ1v) is 4.57. The number of Topliss-reactive ketones (excluding diaryl/α,β-unsaturated/α-hetero) is 1. The number of carbonyl (C=O) groups excluding carboxylic acids is 1. The lowest BCUT2D eigenvalue weighted by Gasteiger charge is -2.19. The van der Waals surface area contributed by atoms with Gasteiger partial charge in [-0.2, -0.15) is 0 Å². The van der Waals surface area contributed by atoms with Gasteiger partial charge >= 0.3 is 0 Å². The summed E-state index contributed by atoms with van der Waals surface area (Å²) in [5.41, 5.74) is 0.351. The Labute approximate surface area is 75.7 Å². The van der Waals surface area contributed by atoms with Gasteiger partial charge in [-0.05, 0) is 32.2 Å². The van der Waals surface area contributed by atoms with E-state index in [0.29, 0.717) is 5.41 Å². The largest absolute Gasteiger partial charge is 0.308 e. The summed E-state index contributed by atoms with van der Waals surface area (Å²) in [6, 6.07) is 0.00681. The molecule has 12 heavy (non-hydrogen) atoms. The lowest BCUT2D eigenvalue weighted by Crippen LogP contribution is -2.34. The zero-order valence-corrected chi connectivity index (χ0v) is 8.90. The van der Waals surface area contributed by atoms with Crippen molar-refractivity contribution >= 4 is 5.78 Å². The number of carbonyl (C=O) groups is 1. The molecule has 0 aliphatic rings. The van der Waals surface area contributed by atoms with Crippen molar-refractivity contribution in [2.45, 2.75) is 47.1 Å². The molecule has 0 aliphatic heterocycles. The molecule has 0 aromatic heterocycles. The molecule has 2 heteroatoms. The quantitative estimate of drug-likeness (QED) is 0.701. The van der Waals surface area contributed by atoms with E-state index in [4.69, 9.17) is 0 Å². The van der Waals surface area contributed by atoms with Crippen molar-refractivity contribution in [2.24, 2.45) is 5.41 Å². The Bertz CT molecular complexity index is 146. The smallest absolute Gasteiger partial charge is 0.146 e. The fraction of sp³-hybridized carbons (Fsp3) is 0.900. The molecule has 0 rings (SSSR count). The van der Waals surface area contributed by atoms with Crippen LogP contribution >= 0.6 is 0 Å².